The number of benzene rings is 1. The maximum Gasteiger partial charge on any atom is 0.106 e. The molecule has 1 saturated heterocycles. The van der Waals surface area contributed by atoms with Gasteiger partial charge in [0.2, 0.25) is 0 Å². The van der Waals surface area contributed by atoms with Gasteiger partial charge in [-0.3, -0.25) is 0 Å². The van der Waals surface area contributed by atoms with Gasteiger partial charge in [-0.1, -0.05) is 33.6 Å². The number of rotatable bonds is 2. The molecule has 1 aromatic rings. The second-order valence-electron chi connectivity index (χ2n) is 3.97. The number of nitriles is 1. The molecular weight excluding hydrogens is 306 g/mol. The number of nitrogens with zero attached hydrogens (tertiary/aromatic N) is 1. The van der Waals surface area contributed by atoms with E-state index in [1.54, 1.807) is 11.8 Å². The van der Waals surface area contributed by atoms with Crippen LogP contribution in [0.3, 0.4) is 0 Å². The summed E-state index contributed by atoms with van der Waals surface area (Å²) in [5.41, 5.74) is 1.07. The van der Waals surface area contributed by atoms with Gasteiger partial charge in [-0.2, -0.15) is 5.26 Å². The molecular formula is C12H11BrClNS. The third-order valence-electron chi connectivity index (χ3n) is 2.80. The van der Waals surface area contributed by atoms with Crippen LogP contribution in [0.25, 0.3) is 0 Å². The van der Waals surface area contributed by atoms with Crippen LogP contribution in [0.5, 0.6) is 0 Å². The van der Waals surface area contributed by atoms with Crippen molar-refractivity contribution < 1.29 is 0 Å². The smallest absolute Gasteiger partial charge is 0.106 e. The van der Waals surface area contributed by atoms with E-state index >= 15 is 0 Å². The van der Waals surface area contributed by atoms with Gasteiger partial charge in [0.05, 0.1) is 6.07 Å². The lowest BCUT2D eigenvalue weighted by Gasteiger charge is -2.19. The Bertz CT molecular complexity index is 435. The van der Waals surface area contributed by atoms with E-state index in [4.69, 9.17) is 11.6 Å². The van der Waals surface area contributed by atoms with Gasteiger partial charge in [0.25, 0.3) is 0 Å². The van der Waals surface area contributed by atoms with Gasteiger partial charge in [-0.15, -0.1) is 11.8 Å². The Morgan fingerprint density at radius 1 is 1.56 bits per heavy atom. The Balaban J connectivity index is 2.23. The lowest BCUT2D eigenvalue weighted by atomic mass is 9.96. The third-order valence-corrected chi connectivity index (χ3v) is 5.13. The van der Waals surface area contributed by atoms with Crippen LogP contribution in [0.1, 0.15) is 18.4 Å². The van der Waals surface area contributed by atoms with Crippen LogP contribution >= 0.6 is 39.3 Å². The molecule has 16 heavy (non-hydrogen) atoms. The fraction of sp³-hybridized carbons (Fsp3) is 0.417. The van der Waals surface area contributed by atoms with Gasteiger partial charge in [0.15, 0.2) is 0 Å². The molecule has 0 bridgehead atoms. The van der Waals surface area contributed by atoms with Gasteiger partial charge in [-0.05, 0) is 36.3 Å². The van der Waals surface area contributed by atoms with Crippen molar-refractivity contribution in [2.24, 2.45) is 0 Å². The molecule has 1 aliphatic heterocycles. The van der Waals surface area contributed by atoms with Gasteiger partial charge < -0.3 is 0 Å². The average molecular weight is 317 g/mol. The molecule has 2 rings (SSSR count). The molecule has 0 spiro atoms. The van der Waals surface area contributed by atoms with E-state index in [9.17, 15) is 5.26 Å². The monoisotopic (exact) mass is 315 g/mol. The van der Waals surface area contributed by atoms with E-state index in [1.165, 1.54) is 0 Å². The molecule has 0 aliphatic carbocycles. The lowest BCUT2D eigenvalue weighted by Crippen LogP contribution is -2.21. The first-order chi connectivity index (χ1) is 7.65. The Kier molecular flexibility index (Phi) is 3.84. The Labute approximate surface area is 113 Å². The van der Waals surface area contributed by atoms with E-state index in [-0.39, 0.29) is 4.75 Å². The largest absolute Gasteiger partial charge is 0.197 e. The summed E-state index contributed by atoms with van der Waals surface area (Å²) in [6.07, 6.45) is 2.85. The highest BCUT2D eigenvalue weighted by molar-refractivity contribution is 9.10. The highest BCUT2D eigenvalue weighted by Crippen LogP contribution is 2.41. The fourth-order valence-corrected chi connectivity index (χ4v) is 3.97. The van der Waals surface area contributed by atoms with Crippen LogP contribution in [-0.4, -0.2) is 10.5 Å². The van der Waals surface area contributed by atoms with Crippen molar-refractivity contribution in [1.82, 2.24) is 0 Å². The lowest BCUT2D eigenvalue weighted by molar-refractivity contribution is 0.672. The first-order valence-corrected chi connectivity index (χ1v) is 7.30. The van der Waals surface area contributed by atoms with Crippen molar-refractivity contribution in [1.29, 1.82) is 5.26 Å². The first kappa shape index (κ1) is 12.3. The molecule has 1 atom stereocenters. The maximum absolute atomic E-state index is 9.30. The predicted molar refractivity (Wildman–Crippen MR) is 72.9 cm³/mol. The summed E-state index contributed by atoms with van der Waals surface area (Å²) in [6.45, 7) is 0. The SMILES string of the molecule is N#CC1(Cc2ccc(Br)cc2Cl)CCCS1. The summed E-state index contributed by atoms with van der Waals surface area (Å²) in [5.74, 6) is 1.09. The number of thioether (sulfide) groups is 1. The average Bonchev–Trinajstić information content (AvgIpc) is 2.72. The van der Waals surface area contributed by atoms with Crippen LogP contribution in [0.2, 0.25) is 5.02 Å². The van der Waals surface area contributed by atoms with Crippen LogP contribution in [0.15, 0.2) is 22.7 Å². The Morgan fingerprint density at radius 3 is 2.94 bits per heavy atom. The Hall–Kier alpha value is -0.170. The zero-order valence-corrected chi connectivity index (χ0v) is 11.8. The molecule has 0 saturated carbocycles. The van der Waals surface area contributed by atoms with E-state index in [0.29, 0.717) is 0 Å². The quantitative estimate of drug-likeness (QED) is 0.805. The minimum atomic E-state index is -0.253. The highest BCUT2D eigenvalue weighted by Gasteiger charge is 2.35. The molecule has 1 aromatic carbocycles. The van der Waals surface area contributed by atoms with Gasteiger partial charge in [0.1, 0.15) is 4.75 Å². The van der Waals surface area contributed by atoms with E-state index in [0.717, 1.165) is 40.1 Å². The molecule has 0 aromatic heterocycles. The van der Waals surface area contributed by atoms with Crippen molar-refractivity contribution in [3.63, 3.8) is 0 Å². The minimum Gasteiger partial charge on any atom is -0.197 e. The molecule has 0 radical (unpaired) electrons. The van der Waals surface area contributed by atoms with Crippen molar-refractivity contribution >= 4 is 39.3 Å². The zero-order valence-electron chi connectivity index (χ0n) is 8.67. The van der Waals surface area contributed by atoms with Gasteiger partial charge >= 0.3 is 0 Å². The number of hydrogen-bond acceptors (Lipinski definition) is 2. The summed E-state index contributed by atoms with van der Waals surface area (Å²) in [4.78, 5) is 0. The molecule has 1 fully saturated rings. The standard InChI is InChI=1S/C12H11BrClNS/c13-10-3-2-9(11(14)6-10)7-12(8-15)4-1-5-16-12/h2-3,6H,1,4-5,7H2. The van der Waals surface area contributed by atoms with E-state index < -0.39 is 0 Å². The third kappa shape index (κ3) is 2.56. The zero-order chi connectivity index (χ0) is 11.6. The van der Waals surface area contributed by atoms with Crippen LogP contribution in [0.4, 0.5) is 0 Å². The first-order valence-electron chi connectivity index (χ1n) is 5.14. The van der Waals surface area contributed by atoms with E-state index in [2.05, 4.69) is 22.0 Å². The second kappa shape index (κ2) is 5.00. The maximum atomic E-state index is 9.30. The van der Waals surface area contributed by atoms with Crippen molar-refractivity contribution in [3.8, 4) is 6.07 Å². The van der Waals surface area contributed by atoms with Crippen LogP contribution in [-0.2, 0) is 6.42 Å². The number of halogens is 2. The summed E-state index contributed by atoms with van der Waals surface area (Å²) in [6, 6.07) is 8.33. The van der Waals surface area contributed by atoms with Gasteiger partial charge in [-0.25, -0.2) is 0 Å². The van der Waals surface area contributed by atoms with Crippen molar-refractivity contribution in [3.05, 3.63) is 33.3 Å². The molecule has 1 aliphatic rings. The molecule has 0 amide bonds. The molecule has 1 nitrogen and oxygen atoms in total. The molecule has 84 valence electrons. The minimum absolute atomic E-state index is 0.253. The molecule has 4 heteroatoms. The summed E-state index contributed by atoms with van der Waals surface area (Å²) >= 11 is 11.3. The van der Waals surface area contributed by atoms with Crippen LogP contribution in [0, 0.1) is 11.3 Å². The normalized spacial score (nSPS) is 24.3. The summed E-state index contributed by atoms with van der Waals surface area (Å²) in [7, 11) is 0. The molecule has 1 heterocycles. The topological polar surface area (TPSA) is 23.8 Å². The molecule has 1 unspecified atom stereocenters. The van der Waals surface area contributed by atoms with Crippen molar-refractivity contribution in [2.45, 2.75) is 24.0 Å². The number of hydrogen-bond donors (Lipinski definition) is 0. The highest BCUT2D eigenvalue weighted by atomic mass is 79.9. The van der Waals surface area contributed by atoms with Crippen LogP contribution < -0.4 is 0 Å². The molecule has 0 N–H and O–H groups in total. The predicted octanol–water partition coefficient (Wildman–Crippen LogP) is 4.43. The van der Waals surface area contributed by atoms with Gasteiger partial charge in [0, 0.05) is 15.9 Å². The fourth-order valence-electron chi connectivity index (χ4n) is 1.94. The summed E-state index contributed by atoms with van der Waals surface area (Å²) in [5, 5.41) is 10.0. The van der Waals surface area contributed by atoms with Crippen molar-refractivity contribution in [2.75, 3.05) is 5.75 Å². The van der Waals surface area contributed by atoms with E-state index in [1.807, 2.05) is 18.2 Å². The summed E-state index contributed by atoms with van der Waals surface area (Å²) < 4.78 is 0.726. The second-order valence-corrected chi connectivity index (χ2v) is 6.77. The Morgan fingerprint density at radius 2 is 2.38 bits per heavy atom.